The van der Waals surface area contributed by atoms with Crippen molar-refractivity contribution in [3.63, 3.8) is 0 Å². The summed E-state index contributed by atoms with van der Waals surface area (Å²) in [6, 6.07) is 9.13. The first-order valence-corrected chi connectivity index (χ1v) is 11.4. The fourth-order valence-electron chi connectivity index (χ4n) is 4.42. The van der Waals surface area contributed by atoms with E-state index < -0.39 is 41.7 Å². The highest BCUT2D eigenvalue weighted by molar-refractivity contribution is 5.88. The number of nitrogens with zero attached hydrogens (tertiary/aromatic N) is 4. The van der Waals surface area contributed by atoms with Gasteiger partial charge in [0, 0.05) is 18.2 Å². The molecule has 3 aromatic rings. The molecule has 2 aromatic carbocycles. The third kappa shape index (κ3) is 5.36. The van der Waals surface area contributed by atoms with Gasteiger partial charge in [0.25, 0.3) is 0 Å². The number of carbonyl (C=O) groups is 2. The molecular formula is C25H26F3N5O2. The minimum atomic E-state index is -1.37. The summed E-state index contributed by atoms with van der Waals surface area (Å²) < 4.78 is 45.2. The predicted octanol–water partition coefficient (Wildman–Crippen LogP) is 3.52. The van der Waals surface area contributed by atoms with Gasteiger partial charge in [-0.1, -0.05) is 49.4 Å². The van der Waals surface area contributed by atoms with Gasteiger partial charge in [0.15, 0.2) is 0 Å². The molecule has 2 heterocycles. The van der Waals surface area contributed by atoms with Crippen molar-refractivity contribution in [3.05, 3.63) is 83.2 Å². The molecule has 35 heavy (non-hydrogen) atoms. The van der Waals surface area contributed by atoms with E-state index in [0.29, 0.717) is 5.56 Å². The van der Waals surface area contributed by atoms with E-state index in [0.717, 1.165) is 0 Å². The van der Waals surface area contributed by atoms with Crippen molar-refractivity contribution >= 4 is 11.8 Å². The number of nitrogens with one attached hydrogen (secondary N) is 1. The molecule has 0 aliphatic carbocycles. The van der Waals surface area contributed by atoms with Gasteiger partial charge in [0.05, 0.1) is 18.8 Å². The number of likely N-dealkylation sites (tertiary alicyclic amines) is 1. The summed E-state index contributed by atoms with van der Waals surface area (Å²) in [5, 5.41) is 10.2. The standard InChI is InChI=1S/C25H26F3N5O2/c1-15(2)23-19(27)10-17(11-20(23)28)24(16-6-4-3-5-7-16)30-25(35)21-12-18(26)13-33(21)22(34)14-32-9-8-29-31-32/h3-11,15,18,21,24H,12-14H2,1-2H3,(H,30,35). The molecule has 1 saturated heterocycles. The molecule has 1 aliphatic rings. The number of hydrogen-bond acceptors (Lipinski definition) is 4. The highest BCUT2D eigenvalue weighted by Gasteiger charge is 2.40. The van der Waals surface area contributed by atoms with E-state index in [1.165, 1.54) is 34.1 Å². The van der Waals surface area contributed by atoms with Crippen LogP contribution in [0.15, 0.2) is 54.9 Å². The molecule has 0 bridgehead atoms. The summed E-state index contributed by atoms with van der Waals surface area (Å²) in [5.74, 6) is -2.87. The van der Waals surface area contributed by atoms with Crippen molar-refractivity contribution in [1.82, 2.24) is 25.2 Å². The van der Waals surface area contributed by atoms with Crippen molar-refractivity contribution in [2.45, 2.75) is 51.0 Å². The number of halogens is 3. The van der Waals surface area contributed by atoms with Gasteiger partial charge in [0.2, 0.25) is 11.8 Å². The minimum absolute atomic E-state index is 0.0344. The second-order valence-corrected chi connectivity index (χ2v) is 8.90. The maximum Gasteiger partial charge on any atom is 0.245 e. The van der Waals surface area contributed by atoms with Crippen LogP contribution in [0.5, 0.6) is 0 Å². The molecular weight excluding hydrogens is 459 g/mol. The monoisotopic (exact) mass is 485 g/mol. The van der Waals surface area contributed by atoms with Crippen LogP contribution in [0.3, 0.4) is 0 Å². The number of carbonyl (C=O) groups excluding carboxylic acids is 2. The summed E-state index contributed by atoms with van der Waals surface area (Å²) in [5.41, 5.74) is 0.763. The summed E-state index contributed by atoms with van der Waals surface area (Å²) in [6.07, 6.45) is 1.35. The molecule has 4 rings (SSSR count). The molecule has 3 atom stereocenters. The van der Waals surface area contributed by atoms with Gasteiger partial charge >= 0.3 is 0 Å². The van der Waals surface area contributed by atoms with Crippen molar-refractivity contribution in [1.29, 1.82) is 0 Å². The SMILES string of the molecule is CC(C)c1c(F)cc(C(NC(=O)C2CC(F)CN2C(=O)Cn2ccnn2)c2ccccc2)cc1F. The molecule has 7 nitrogen and oxygen atoms in total. The van der Waals surface area contributed by atoms with E-state index in [9.17, 15) is 22.8 Å². The second-order valence-electron chi connectivity index (χ2n) is 8.90. The van der Waals surface area contributed by atoms with E-state index in [-0.39, 0.29) is 36.6 Å². The Bertz CT molecular complexity index is 1160. The van der Waals surface area contributed by atoms with Crippen LogP contribution in [0.1, 0.15) is 48.9 Å². The van der Waals surface area contributed by atoms with E-state index in [2.05, 4.69) is 15.6 Å². The lowest BCUT2D eigenvalue weighted by molar-refractivity contribution is -0.139. The van der Waals surface area contributed by atoms with E-state index in [4.69, 9.17) is 0 Å². The number of rotatable bonds is 7. The zero-order chi connectivity index (χ0) is 25.1. The maximum atomic E-state index is 14.8. The van der Waals surface area contributed by atoms with Crippen LogP contribution in [0.4, 0.5) is 13.2 Å². The van der Waals surface area contributed by atoms with E-state index in [1.807, 2.05) is 0 Å². The van der Waals surface area contributed by atoms with Crippen LogP contribution in [-0.2, 0) is 16.1 Å². The van der Waals surface area contributed by atoms with Crippen LogP contribution < -0.4 is 5.32 Å². The molecule has 0 spiro atoms. The Kier molecular flexibility index (Phi) is 7.18. The molecule has 3 unspecified atom stereocenters. The van der Waals surface area contributed by atoms with Crippen LogP contribution in [0, 0.1) is 11.6 Å². The predicted molar refractivity (Wildman–Crippen MR) is 122 cm³/mol. The van der Waals surface area contributed by atoms with Crippen LogP contribution in [0.2, 0.25) is 0 Å². The summed E-state index contributed by atoms with van der Waals surface area (Å²) in [6.45, 7) is 2.96. The highest BCUT2D eigenvalue weighted by Crippen LogP contribution is 2.30. The fraction of sp³-hybridized carbons (Fsp3) is 0.360. The second kappa shape index (κ2) is 10.3. The molecule has 0 radical (unpaired) electrons. The van der Waals surface area contributed by atoms with Gasteiger partial charge in [0.1, 0.15) is 30.4 Å². The molecule has 1 aromatic heterocycles. The lowest BCUT2D eigenvalue weighted by Crippen LogP contribution is -2.48. The summed E-state index contributed by atoms with van der Waals surface area (Å²) in [7, 11) is 0. The Morgan fingerprint density at radius 3 is 2.40 bits per heavy atom. The lowest BCUT2D eigenvalue weighted by atomic mass is 9.93. The van der Waals surface area contributed by atoms with Crippen molar-refractivity contribution in [2.24, 2.45) is 0 Å². The van der Waals surface area contributed by atoms with E-state index in [1.54, 1.807) is 44.2 Å². The molecule has 1 N–H and O–H groups in total. The zero-order valence-electron chi connectivity index (χ0n) is 19.4. The van der Waals surface area contributed by atoms with Crippen molar-refractivity contribution in [2.75, 3.05) is 6.54 Å². The number of hydrogen-bond donors (Lipinski definition) is 1. The molecule has 2 amide bonds. The topological polar surface area (TPSA) is 80.1 Å². The number of benzene rings is 2. The maximum absolute atomic E-state index is 14.8. The largest absolute Gasteiger partial charge is 0.343 e. The first-order chi connectivity index (χ1) is 16.7. The number of amides is 2. The zero-order valence-corrected chi connectivity index (χ0v) is 19.4. The van der Waals surface area contributed by atoms with Crippen molar-refractivity contribution < 1.29 is 22.8 Å². The molecule has 184 valence electrons. The molecule has 0 saturated carbocycles. The van der Waals surface area contributed by atoms with Gasteiger partial charge in [-0.2, -0.15) is 0 Å². The van der Waals surface area contributed by atoms with Gasteiger partial charge < -0.3 is 10.2 Å². The summed E-state index contributed by atoms with van der Waals surface area (Å²) in [4.78, 5) is 27.3. The average molecular weight is 486 g/mol. The van der Waals surface area contributed by atoms with Crippen molar-refractivity contribution in [3.8, 4) is 0 Å². The Hall–Kier alpha value is -3.69. The smallest absolute Gasteiger partial charge is 0.245 e. The van der Waals surface area contributed by atoms with Crippen LogP contribution in [0.25, 0.3) is 0 Å². The molecule has 1 aliphatic heterocycles. The van der Waals surface area contributed by atoms with Gasteiger partial charge in [-0.25, -0.2) is 17.9 Å². The fourth-order valence-corrected chi connectivity index (χ4v) is 4.42. The third-order valence-corrected chi connectivity index (χ3v) is 6.07. The molecule has 10 heteroatoms. The normalized spacial score (nSPS) is 18.6. The van der Waals surface area contributed by atoms with Gasteiger partial charge in [-0.05, 0) is 29.2 Å². The Morgan fingerprint density at radius 2 is 1.80 bits per heavy atom. The Balaban J connectivity index is 1.62. The minimum Gasteiger partial charge on any atom is -0.343 e. The highest BCUT2D eigenvalue weighted by atomic mass is 19.1. The Morgan fingerprint density at radius 1 is 1.11 bits per heavy atom. The Labute approximate surface area is 200 Å². The quantitative estimate of drug-likeness (QED) is 0.555. The first kappa shape index (κ1) is 24.4. The number of alkyl halides is 1. The van der Waals surface area contributed by atoms with Crippen LogP contribution >= 0.6 is 0 Å². The first-order valence-electron chi connectivity index (χ1n) is 11.4. The van der Waals surface area contributed by atoms with Gasteiger partial charge in [-0.15, -0.1) is 5.10 Å². The number of aromatic nitrogens is 3. The molecule has 1 fully saturated rings. The van der Waals surface area contributed by atoms with E-state index >= 15 is 0 Å². The average Bonchev–Trinajstić information content (AvgIpc) is 3.46. The summed E-state index contributed by atoms with van der Waals surface area (Å²) >= 11 is 0. The van der Waals surface area contributed by atoms with Gasteiger partial charge in [-0.3, -0.25) is 9.59 Å². The third-order valence-electron chi connectivity index (χ3n) is 6.07. The van der Waals surface area contributed by atoms with Crippen LogP contribution in [-0.4, -0.2) is 50.5 Å². The lowest BCUT2D eigenvalue weighted by Gasteiger charge is -2.27.